The van der Waals surface area contributed by atoms with Crippen LogP contribution in [0.1, 0.15) is 42.9 Å². The molecule has 0 spiro atoms. The largest absolute Gasteiger partial charge is 0.327 e. The summed E-state index contributed by atoms with van der Waals surface area (Å²) in [6.07, 6.45) is 3.38. The SMILES string of the molecule is CC(C)c1cccc2c1CC(N)CC2. The molecule has 1 aromatic rings. The lowest BCUT2D eigenvalue weighted by Crippen LogP contribution is -2.28. The predicted molar refractivity (Wildman–Crippen MR) is 60.5 cm³/mol. The second-order valence-corrected chi connectivity index (χ2v) is 4.64. The summed E-state index contributed by atoms with van der Waals surface area (Å²) in [5.41, 5.74) is 10.6. The van der Waals surface area contributed by atoms with E-state index in [0.717, 1.165) is 19.3 Å². The molecule has 0 aromatic heterocycles. The topological polar surface area (TPSA) is 26.0 Å². The third kappa shape index (κ3) is 1.69. The summed E-state index contributed by atoms with van der Waals surface area (Å²) < 4.78 is 0. The van der Waals surface area contributed by atoms with E-state index in [9.17, 15) is 0 Å². The minimum atomic E-state index is 0.377. The standard InChI is InChI=1S/C13H19N/c1-9(2)12-5-3-4-10-6-7-11(14)8-13(10)12/h3-5,9,11H,6-8,14H2,1-2H3. The fraction of sp³-hybridized carbons (Fsp3) is 0.538. The Morgan fingerprint density at radius 1 is 1.36 bits per heavy atom. The maximum Gasteiger partial charge on any atom is 0.00826 e. The van der Waals surface area contributed by atoms with Crippen molar-refractivity contribution in [2.45, 2.75) is 45.1 Å². The van der Waals surface area contributed by atoms with Crippen molar-refractivity contribution in [2.24, 2.45) is 5.73 Å². The van der Waals surface area contributed by atoms with Crippen molar-refractivity contribution >= 4 is 0 Å². The molecule has 1 aromatic carbocycles. The van der Waals surface area contributed by atoms with Gasteiger partial charge in [0.2, 0.25) is 0 Å². The third-order valence-electron chi connectivity index (χ3n) is 3.18. The molecule has 76 valence electrons. The van der Waals surface area contributed by atoms with Gasteiger partial charge in [0.1, 0.15) is 0 Å². The second-order valence-electron chi connectivity index (χ2n) is 4.64. The van der Waals surface area contributed by atoms with Gasteiger partial charge in [-0.05, 0) is 41.9 Å². The van der Waals surface area contributed by atoms with Gasteiger partial charge in [0.15, 0.2) is 0 Å². The average molecular weight is 189 g/mol. The van der Waals surface area contributed by atoms with Gasteiger partial charge in [0.05, 0.1) is 0 Å². The number of fused-ring (bicyclic) bond motifs is 1. The van der Waals surface area contributed by atoms with Gasteiger partial charge in [-0.15, -0.1) is 0 Å². The maximum atomic E-state index is 6.02. The summed E-state index contributed by atoms with van der Waals surface area (Å²) in [6.45, 7) is 4.52. The van der Waals surface area contributed by atoms with Gasteiger partial charge in [0.25, 0.3) is 0 Å². The van der Waals surface area contributed by atoms with E-state index in [4.69, 9.17) is 5.73 Å². The molecule has 2 rings (SSSR count). The molecule has 0 radical (unpaired) electrons. The van der Waals surface area contributed by atoms with E-state index in [1.54, 1.807) is 0 Å². The molecule has 0 saturated carbocycles. The Morgan fingerprint density at radius 3 is 2.86 bits per heavy atom. The van der Waals surface area contributed by atoms with Gasteiger partial charge in [-0.1, -0.05) is 32.0 Å². The summed E-state index contributed by atoms with van der Waals surface area (Å²) in [7, 11) is 0. The zero-order valence-corrected chi connectivity index (χ0v) is 9.09. The lowest BCUT2D eigenvalue weighted by atomic mass is 9.83. The van der Waals surface area contributed by atoms with E-state index in [1.807, 2.05) is 0 Å². The first-order chi connectivity index (χ1) is 6.68. The van der Waals surface area contributed by atoms with Gasteiger partial charge < -0.3 is 5.73 Å². The van der Waals surface area contributed by atoms with Crippen LogP contribution < -0.4 is 5.73 Å². The molecule has 1 atom stereocenters. The Kier molecular flexibility index (Phi) is 2.60. The monoisotopic (exact) mass is 189 g/mol. The normalized spacial score (nSPS) is 21.0. The van der Waals surface area contributed by atoms with Crippen LogP contribution in [0.5, 0.6) is 0 Å². The fourth-order valence-electron chi connectivity index (χ4n) is 2.38. The number of nitrogens with two attached hydrogens (primary N) is 1. The summed E-state index contributed by atoms with van der Waals surface area (Å²) >= 11 is 0. The van der Waals surface area contributed by atoms with Crippen molar-refractivity contribution in [3.05, 3.63) is 34.9 Å². The molecule has 0 heterocycles. The highest BCUT2D eigenvalue weighted by Gasteiger charge is 2.18. The van der Waals surface area contributed by atoms with Crippen molar-refractivity contribution < 1.29 is 0 Å². The van der Waals surface area contributed by atoms with E-state index >= 15 is 0 Å². The molecular formula is C13H19N. The van der Waals surface area contributed by atoms with Gasteiger partial charge in [-0.3, -0.25) is 0 Å². The maximum absolute atomic E-state index is 6.02. The highest BCUT2D eigenvalue weighted by Crippen LogP contribution is 2.28. The van der Waals surface area contributed by atoms with Crippen LogP contribution in [0.4, 0.5) is 0 Å². The molecule has 0 amide bonds. The highest BCUT2D eigenvalue weighted by molar-refractivity contribution is 5.39. The Labute approximate surface area is 86.3 Å². The number of rotatable bonds is 1. The van der Waals surface area contributed by atoms with Gasteiger partial charge in [0, 0.05) is 6.04 Å². The molecule has 2 N–H and O–H groups in total. The van der Waals surface area contributed by atoms with Crippen molar-refractivity contribution in [1.29, 1.82) is 0 Å². The van der Waals surface area contributed by atoms with Gasteiger partial charge in [-0.25, -0.2) is 0 Å². The van der Waals surface area contributed by atoms with E-state index in [0.29, 0.717) is 12.0 Å². The molecular weight excluding hydrogens is 170 g/mol. The van der Waals surface area contributed by atoms with Crippen LogP contribution in [0, 0.1) is 0 Å². The highest BCUT2D eigenvalue weighted by atomic mass is 14.6. The average Bonchev–Trinajstić information content (AvgIpc) is 2.16. The molecule has 0 saturated heterocycles. The minimum absolute atomic E-state index is 0.377. The van der Waals surface area contributed by atoms with E-state index in [-0.39, 0.29) is 0 Å². The van der Waals surface area contributed by atoms with Crippen LogP contribution in [0.3, 0.4) is 0 Å². The van der Waals surface area contributed by atoms with E-state index in [1.165, 1.54) is 16.7 Å². The molecule has 1 nitrogen and oxygen atoms in total. The molecule has 0 fully saturated rings. The zero-order valence-electron chi connectivity index (χ0n) is 9.09. The van der Waals surface area contributed by atoms with Gasteiger partial charge >= 0.3 is 0 Å². The molecule has 0 bridgehead atoms. The number of aryl methyl sites for hydroxylation is 1. The molecule has 1 aliphatic rings. The lowest BCUT2D eigenvalue weighted by Gasteiger charge is -2.25. The third-order valence-corrected chi connectivity index (χ3v) is 3.18. The lowest BCUT2D eigenvalue weighted by molar-refractivity contribution is 0.570. The van der Waals surface area contributed by atoms with Crippen molar-refractivity contribution in [3.8, 4) is 0 Å². The second kappa shape index (κ2) is 3.74. The van der Waals surface area contributed by atoms with Crippen LogP contribution >= 0.6 is 0 Å². The van der Waals surface area contributed by atoms with Crippen molar-refractivity contribution in [3.63, 3.8) is 0 Å². The Balaban J connectivity index is 2.43. The summed E-state index contributed by atoms with van der Waals surface area (Å²) in [5, 5.41) is 0. The van der Waals surface area contributed by atoms with Crippen molar-refractivity contribution in [2.75, 3.05) is 0 Å². The van der Waals surface area contributed by atoms with Crippen molar-refractivity contribution in [1.82, 2.24) is 0 Å². The molecule has 1 heteroatoms. The fourth-order valence-corrected chi connectivity index (χ4v) is 2.38. The first-order valence-corrected chi connectivity index (χ1v) is 5.54. The number of hydrogen-bond acceptors (Lipinski definition) is 1. The Bertz CT molecular complexity index is 328. The van der Waals surface area contributed by atoms with Gasteiger partial charge in [-0.2, -0.15) is 0 Å². The first-order valence-electron chi connectivity index (χ1n) is 5.54. The molecule has 1 unspecified atom stereocenters. The van der Waals surface area contributed by atoms with E-state index in [2.05, 4.69) is 32.0 Å². The molecule has 0 aliphatic heterocycles. The quantitative estimate of drug-likeness (QED) is 0.722. The van der Waals surface area contributed by atoms with Crippen LogP contribution in [0.2, 0.25) is 0 Å². The minimum Gasteiger partial charge on any atom is -0.327 e. The van der Waals surface area contributed by atoms with Crippen LogP contribution in [0.15, 0.2) is 18.2 Å². The number of hydrogen-bond donors (Lipinski definition) is 1. The Morgan fingerprint density at radius 2 is 2.14 bits per heavy atom. The molecule has 14 heavy (non-hydrogen) atoms. The van der Waals surface area contributed by atoms with Crippen LogP contribution in [-0.4, -0.2) is 6.04 Å². The van der Waals surface area contributed by atoms with E-state index < -0.39 is 0 Å². The predicted octanol–water partition coefficient (Wildman–Crippen LogP) is 2.63. The summed E-state index contributed by atoms with van der Waals surface area (Å²) in [6, 6.07) is 7.07. The summed E-state index contributed by atoms with van der Waals surface area (Å²) in [5.74, 6) is 0.621. The zero-order chi connectivity index (χ0) is 10.1. The molecule has 1 aliphatic carbocycles. The first kappa shape index (κ1) is 9.72. The Hall–Kier alpha value is -0.820. The number of benzene rings is 1. The smallest absolute Gasteiger partial charge is 0.00826 e. The van der Waals surface area contributed by atoms with Crippen LogP contribution in [0.25, 0.3) is 0 Å². The van der Waals surface area contributed by atoms with Crippen LogP contribution in [-0.2, 0) is 12.8 Å². The summed E-state index contributed by atoms with van der Waals surface area (Å²) in [4.78, 5) is 0.